The molecule has 0 bridgehead atoms. The molecule has 0 saturated carbocycles. The van der Waals surface area contributed by atoms with Gasteiger partial charge in [0.25, 0.3) is 0 Å². The van der Waals surface area contributed by atoms with Crippen LogP contribution in [-0.2, 0) is 0 Å². The fourth-order valence-electron chi connectivity index (χ4n) is 1.47. The molecule has 0 saturated heterocycles. The molecule has 0 amide bonds. The van der Waals surface area contributed by atoms with Crippen molar-refractivity contribution in [1.82, 2.24) is 5.32 Å². The summed E-state index contributed by atoms with van der Waals surface area (Å²) in [6.07, 6.45) is 0. The number of nitrogens with one attached hydrogen (secondary N) is 2. The van der Waals surface area contributed by atoms with Crippen LogP contribution in [0.3, 0.4) is 0 Å². The van der Waals surface area contributed by atoms with E-state index < -0.39 is 0 Å². The van der Waals surface area contributed by atoms with E-state index in [4.69, 9.17) is 21.7 Å². The molecule has 4 nitrogen and oxygen atoms in total. The number of thiocarbonyl (C=S) groups is 1. The van der Waals surface area contributed by atoms with Gasteiger partial charge in [0.1, 0.15) is 11.5 Å². The Labute approximate surface area is 114 Å². The Morgan fingerprint density at radius 2 is 1.89 bits per heavy atom. The highest BCUT2D eigenvalue weighted by Gasteiger charge is 2.07. The molecular formula is C13H20N2O2S. The maximum Gasteiger partial charge on any atom is 0.170 e. The van der Waals surface area contributed by atoms with Crippen LogP contribution in [0.5, 0.6) is 11.5 Å². The molecule has 1 aromatic rings. The Bertz CT molecular complexity index is 397. The van der Waals surface area contributed by atoms with E-state index >= 15 is 0 Å². The summed E-state index contributed by atoms with van der Waals surface area (Å²) in [6.45, 7) is 7.91. The molecule has 0 aliphatic carbocycles. The van der Waals surface area contributed by atoms with Gasteiger partial charge < -0.3 is 20.1 Å². The third-order valence-electron chi connectivity index (χ3n) is 2.15. The fraction of sp³-hybridized carbons (Fsp3) is 0.462. The molecule has 18 heavy (non-hydrogen) atoms. The largest absolute Gasteiger partial charge is 0.494 e. The lowest BCUT2D eigenvalue weighted by Crippen LogP contribution is -2.28. The highest BCUT2D eigenvalue weighted by Crippen LogP contribution is 2.29. The first-order valence-electron chi connectivity index (χ1n) is 6.15. The van der Waals surface area contributed by atoms with Crippen molar-refractivity contribution < 1.29 is 9.47 Å². The molecule has 0 aliphatic rings. The minimum Gasteiger partial charge on any atom is -0.494 e. The molecule has 0 spiro atoms. The smallest absolute Gasteiger partial charge is 0.170 e. The van der Waals surface area contributed by atoms with E-state index in [1.807, 2.05) is 39.0 Å². The van der Waals surface area contributed by atoms with E-state index in [0.29, 0.717) is 18.3 Å². The molecule has 5 heteroatoms. The van der Waals surface area contributed by atoms with Crippen LogP contribution < -0.4 is 20.1 Å². The van der Waals surface area contributed by atoms with Gasteiger partial charge in [-0.3, -0.25) is 0 Å². The number of rotatable bonds is 6. The lowest BCUT2D eigenvalue weighted by molar-refractivity contribution is 0.332. The van der Waals surface area contributed by atoms with Gasteiger partial charge in [0, 0.05) is 12.6 Å². The molecular weight excluding hydrogens is 248 g/mol. The van der Waals surface area contributed by atoms with Crippen LogP contribution in [0.25, 0.3) is 0 Å². The molecule has 0 aromatic heterocycles. The second kappa shape index (κ2) is 7.76. The van der Waals surface area contributed by atoms with E-state index in [-0.39, 0.29) is 0 Å². The SMILES string of the molecule is CCNC(=S)Nc1cc(OCC)ccc1OCC. The van der Waals surface area contributed by atoms with Crippen molar-refractivity contribution in [2.75, 3.05) is 25.1 Å². The maximum atomic E-state index is 5.54. The van der Waals surface area contributed by atoms with Crippen molar-refractivity contribution in [3.8, 4) is 11.5 Å². The van der Waals surface area contributed by atoms with Gasteiger partial charge in [0.05, 0.1) is 18.9 Å². The van der Waals surface area contributed by atoms with Crippen molar-refractivity contribution >= 4 is 23.0 Å². The molecule has 2 N–H and O–H groups in total. The van der Waals surface area contributed by atoms with Crippen molar-refractivity contribution in [2.24, 2.45) is 0 Å². The van der Waals surface area contributed by atoms with Crippen LogP contribution in [0.15, 0.2) is 18.2 Å². The molecule has 1 rings (SSSR count). The van der Waals surface area contributed by atoms with Crippen molar-refractivity contribution in [3.05, 3.63) is 18.2 Å². The van der Waals surface area contributed by atoms with E-state index in [2.05, 4.69) is 10.6 Å². The van der Waals surface area contributed by atoms with E-state index in [1.165, 1.54) is 0 Å². The van der Waals surface area contributed by atoms with Gasteiger partial charge in [-0.15, -0.1) is 0 Å². The Hall–Kier alpha value is -1.49. The standard InChI is InChI=1S/C13H20N2O2S/c1-4-14-13(18)15-11-9-10(16-5-2)7-8-12(11)17-6-3/h7-9H,4-6H2,1-3H3,(H2,14,15,18). The molecule has 0 radical (unpaired) electrons. The number of ether oxygens (including phenoxy) is 2. The van der Waals surface area contributed by atoms with E-state index in [0.717, 1.165) is 23.7 Å². The summed E-state index contributed by atoms with van der Waals surface area (Å²) in [6, 6.07) is 5.65. The Morgan fingerprint density at radius 3 is 2.50 bits per heavy atom. The van der Waals surface area contributed by atoms with Crippen molar-refractivity contribution in [1.29, 1.82) is 0 Å². The topological polar surface area (TPSA) is 42.5 Å². The summed E-state index contributed by atoms with van der Waals surface area (Å²) < 4.78 is 11.0. The Morgan fingerprint density at radius 1 is 1.17 bits per heavy atom. The number of hydrogen-bond acceptors (Lipinski definition) is 3. The summed E-state index contributed by atoms with van der Waals surface area (Å²) >= 11 is 5.17. The predicted molar refractivity (Wildman–Crippen MR) is 78.7 cm³/mol. The van der Waals surface area contributed by atoms with Gasteiger partial charge in [-0.05, 0) is 45.1 Å². The first-order chi connectivity index (χ1) is 8.71. The fourth-order valence-corrected chi connectivity index (χ4v) is 1.73. The average Bonchev–Trinajstić information content (AvgIpc) is 2.33. The Kier molecular flexibility index (Phi) is 6.28. The molecule has 0 heterocycles. The zero-order chi connectivity index (χ0) is 13.4. The lowest BCUT2D eigenvalue weighted by Gasteiger charge is -2.15. The van der Waals surface area contributed by atoms with Crippen LogP contribution in [-0.4, -0.2) is 24.9 Å². The van der Waals surface area contributed by atoms with Crippen molar-refractivity contribution in [2.45, 2.75) is 20.8 Å². The minimum absolute atomic E-state index is 0.576. The number of benzene rings is 1. The summed E-state index contributed by atoms with van der Waals surface area (Å²) in [5.41, 5.74) is 0.814. The van der Waals surface area contributed by atoms with Crippen LogP contribution in [0.4, 0.5) is 5.69 Å². The van der Waals surface area contributed by atoms with E-state index in [1.54, 1.807) is 0 Å². The maximum absolute atomic E-state index is 5.54. The van der Waals surface area contributed by atoms with Gasteiger partial charge in [-0.1, -0.05) is 0 Å². The first-order valence-corrected chi connectivity index (χ1v) is 6.56. The van der Waals surface area contributed by atoms with E-state index in [9.17, 15) is 0 Å². The lowest BCUT2D eigenvalue weighted by atomic mass is 10.2. The summed E-state index contributed by atoms with van der Waals surface area (Å²) in [7, 11) is 0. The third kappa shape index (κ3) is 4.41. The summed E-state index contributed by atoms with van der Waals surface area (Å²) in [4.78, 5) is 0. The third-order valence-corrected chi connectivity index (χ3v) is 2.39. The van der Waals surface area contributed by atoms with Crippen molar-refractivity contribution in [3.63, 3.8) is 0 Å². The summed E-state index contributed by atoms with van der Waals surface area (Å²) in [5, 5.41) is 6.73. The monoisotopic (exact) mass is 268 g/mol. The average molecular weight is 268 g/mol. The highest BCUT2D eigenvalue weighted by molar-refractivity contribution is 7.80. The minimum atomic E-state index is 0.576. The molecule has 0 fully saturated rings. The van der Waals surface area contributed by atoms with Crippen LogP contribution in [0.2, 0.25) is 0 Å². The van der Waals surface area contributed by atoms with Gasteiger partial charge in [0.2, 0.25) is 0 Å². The van der Waals surface area contributed by atoms with Gasteiger partial charge >= 0.3 is 0 Å². The second-order valence-corrected chi connectivity index (χ2v) is 3.92. The van der Waals surface area contributed by atoms with Gasteiger partial charge in [0.15, 0.2) is 5.11 Å². The molecule has 0 aliphatic heterocycles. The normalized spacial score (nSPS) is 9.72. The predicted octanol–water partition coefficient (Wildman–Crippen LogP) is 2.79. The zero-order valence-corrected chi connectivity index (χ0v) is 11.9. The molecule has 0 atom stereocenters. The number of anilines is 1. The zero-order valence-electron chi connectivity index (χ0n) is 11.1. The summed E-state index contributed by atoms with van der Waals surface area (Å²) in [5.74, 6) is 1.56. The molecule has 100 valence electrons. The van der Waals surface area contributed by atoms with Gasteiger partial charge in [-0.2, -0.15) is 0 Å². The van der Waals surface area contributed by atoms with Crippen LogP contribution in [0.1, 0.15) is 20.8 Å². The van der Waals surface area contributed by atoms with Crippen LogP contribution in [0, 0.1) is 0 Å². The first kappa shape index (κ1) is 14.6. The quantitative estimate of drug-likeness (QED) is 0.777. The molecule has 1 aromatic carbocycles. The molecule has 0 unspecified atom stereocenters. The van der Waals surface area contributed by atoms with Crippen LogP contribution >= 0.6 is 12.2 Å². The Balaban J connectivity index is 2.88. The highest BCUT2D eigenvalue weighted by atomic mass is 32.1. The second-order valence-electron chi connectivity index (χ2n) is 3.51. The number of hydrogen-bond donors (Lipinski definition) is 2. The van der Waals surface area contributed by atoms with Gasteiger partial charge in [-0.25, -0.2) is 0 Å².